The number of pyridine rings is 1. The van der Waals surface area contributed by atoms with E-state index in [-0.39, 0.29) is 34.6 Å². The molecule has 10 heteroatoms. The molecular weight excluding hydrogens is 373 g/mol. The van der Waals surface area contributed by atoms with E-state index in [9.17, 15) is 26.7 Å². The summed E-state index contributed by atoms with van der Waals surface area (Å²) in [5.41, 5.74) is -0.399. The molecule has 0 bridgehead atoms. The van der Waals surface area contributed by atoms with Gasteiger partial charge in [-0.3, -0.25) is 0 Å². The molecule has 1 aromatic carbocycles. The Balaban J connectivity index is 2.12. The number of benzene rings is 1. The zero-order valence-corrected chi connectivity index (χ0v) is 13.8. The third kappa shape index (κ3) is 3.11. The maximum absolute atomic E-state index is 14.0. The smallest absolute Gasteiger partial charge is 0.225 e. The molecule has 0 unspecified atom stereocenters. The summed E-state index contributed by atoms with van der Waals surface area (Å²) in [6, 6.07) is 3.15. The van der Waals surface area contributed by atoms with Crippen molar-refractivity contribution in [2.45, 2.75) is 23.7 Å². The zero-order valence-electron chi connectivity index (χ0n) is 13.0. The van der Waals surface area contributed by atoms with Crippen LogP contribution in [0.15, 0.2) is 29.4 Å². The molecule has 0 fully saturated rings. The molecule has 1 aliphatic carbocycles. The van der Waals surface area contributed by atoms with Gasteiger partial charge in [-0.15, -0.1) is 0 Å². The summed E-state index contributed by atoms with van der Waals surface area (Å²) in [6.45, 7) is 0. The van der Waals surface area contributed by atoms with Crippen LogP contribution in [0.5, 0.6) is 11.5 Å². The van der Waals surface area contributed by atoms with Crippen LogP contribution in [0.3, 0.4) is 0 Å². The van der Waals surface area contributed by atoms with Gasteiger partial charge in [-0.05, 0) is 12.1 Å². The predicted molar refractivity (Wildman–Crippen MR) is 82.1 cm³/mol. The van der Waals surface area contributed by atoms with E-state index in [2.05, 4.69) is 4.98 Å². The first-order chi connectivity index (χ1) is 12.3. The van der Waals surface area contributed by atoms with Gasteiger partial charge < -0.3 is 9.84 Å². The number of alkyl halides is 2. The summed E-state index contributed by atoms with van der Waals surface area (Å²) >= 11 is 0. The monoisotopic (exact) mass is 384 g/mol. The van der Waals surface area contributed by atoms with Crippen molar-refractivity contribution in [3.8, 4) is 17.6 Å². The second-order valence-electron chi connectivity index (χ2n) is 5.60. The summed E-state index contributed by atoms with van der Waals surface area (Å²) in [7, 11) is -4.45. The summed E-state index contributed by atoms with van der Waals surface area (Å²) in [6.07, 6.45) is -3.08. The molecule has 1 aromatic heterocycles. The zero-order chi connectivity index (χ0) is 19.1. The van der Waals surface area contributed by atoms with Gasteiger partial charge in [-0.1, -0.05) is 0 Å². The molecular formula is C16H11F3N2O4S. The minimum atomic E-state index is -4.45. The number of aliphatic hydroxyl groups excluding tert-OH is 1. The lowest BCUT2D eigenvalue weighted by atomic mass is 10.1. The summed E-state index contributed by atoms with van der Waals surface area (Å²) < 4.78 is 69.3. The minimum absolute atomic E-state index is 0.00482. The standard InChI is InChI=1S/C16H11F3N2O4S/c17-7-26(23,24)16-14-11(4-12(19)15(14)22)13(6-21-16)25-10-2-8(5-20)1-9(18)3-10/h1-3,6,12,15,22H,4,7H2/t12-,15-/m1/s1. The first-order valence-electron chi connectivity index (χ1n) is 7.28. The average Bonchev–Trinajstić information content (AvgIpc) is 2.90. The highest BCUT2D eigenvalue weighted by Gasteiger charge is 2.39. The van der Waals surface area contributed by atoms with E-state index in [1.54, 1.807) is 6.07 Å². The van der Waals surface area contributed by atoms with Crippen LogP contribution in [-0.2, 0) is 16.3 Å². The van der Waals surface area contributed by atoms with Crippen LogP contribution in [0.2, 0.25) is 0 Å². The van der Waals surface area contributed by atoms with Crippen LogP contribution < -0.4 is 4.74 Å². The highest BCUT2D eigenvalue weighted by molar-refractivity contribution is 7.91. The Morgan fingerprint density at radius 3 is 2.77 bits per heavy atom. The molecule has 0 spiro atoms. The van der Waals surface area contributed by atoms with Gasteiger partial charge in [0.2, 0.25) is 9.84 Å². The van der Waals surface area contributed by atoms with E-state index in [4.69, 9.17) is 10.00 Å². The molecule has 0 saturated heterocycles. The van der Waals surface area contributed by atoms with Crippen LogP contribution in [-0.4, -0.2) is 30.7 Å². The molecule has 2 aromatic rings. The molecule has 1 N–H and O–H groups in total. The number of ether oxygens (including phenoxy) is 1. The number of nitriles is 1. The van der Waals surface area contributed by atoms with Crippen LogP contribution in [0.25, 0.3) is 0 Å². The summed E-state index contributed by atoms with van der Waals surface area (Å²) in [4.78, 5) is 3.60. The number of hydrogen-bond donors (Lipinski definition) is 1. The molecule has 2 atom stereocenters. The fourth-order valence-corrected chi connectivity index (χ4v) is 3.63. The van der Waals surface area contributed by atoms with Gasteiger partial charge in [0.05, 0.1) is 17.8 Å². The van der Waals surface area contributed by atoms with Crippen molar-refractivity contribution in [1.29, 1.82) is 5.26 Å². The second-order valence-corrected chi connectivity index (χ2v) is 7.43. The Morgan fingerprint density at radius 1 is 1.38 bits per heavy atom. The molecule has 1 heterocycles. The Bertz CT molecular complexity index is 1020. The predicted octanol–water partition coefficient (Wildman–Crippen LogP) is 2.51. The summed E-state index contributed by atoms with van der Waals surface area (Å²) in [5, 5.41) is 18.0. The normalized spacial score (nSPS) is 19.0. The van der Waals surface area contributed by atoms with Gasteiger partial charge in [-0.25, -0.2) is 26.6 Å². The largest absolute Gasteiger partial charge is 0.455 e. The molecule has 0 radical (unpaired) electrons. The van der Waals surface area contributed by atoms with E-state index < -0.39 is 39.0 Å². The van der Waals surface area contributed by atoms with E-state index in [0.29, 0.717) is 0 Å². The molecule has 136 valence electrons. The van der Waals surface area contributed by atoms with E-state index >= 15 is 0 Å². The SMILES string of the molecule is N#Cc1cc(F)cc(Oc2cnc(S(=O)(=O)CF)c3c2C[C@@H](F)[C@H]3O)c1. The second kappa shape index (κ2) is 6.59. The van der Waals surface area contributed by atoms with Gasteiger partial charge in [0.1, 0.15) is 29.6 Å². The fraction of sp³-hybridized carbons (Fsp3) is 0.250. The molecule has 26 heavy (non-hydrogen) atoms. The van der Waals surface area contributed by atoms with Crippen LogP contribution in [0.4, 0.5) is 13.2 Å². The lowest BCUT2D eigenvalue weighted by Gasteiger charge is -2.14. The molecule has 6 nitrogen and oxygen atoms in total. The Hall–Kier alpha value is -2.64. The van der Waals surface area contributed by atoms with Gasteiger partial charge in [0.15, 0.2) is 11.0 Å². The highest BCUT2D eigenvalue weighted by Crippen LogP contribution is 2.42. The van der Waals surface area contributed by atoms with Gasteiger partial charge >= 0.3 is 0 Å². The lowest BCUT2D eigenvalue weighted by molar-refractivity contribution is 0.0903. The first kappa shape index (κ1) is 18.2. The Morgan fingerprint density at radius 2 is 2.12 bits per heavy atom. The summed E-state index contributed by atoms with van der Waals surface area (Å²) in [5.74, 6) is -0.960. The van der Waals surface area contributed by atoms with Crippen molar-refractivity contribution in [2.75, 3.05) is 6.01 Å². The van der Waals surface area contributed by atoms with E-state index in [1.165, 1.54) is 6.07 Å². The number of rotatable bonds is 4. The van der Waals surface area contributed by atoms with Crippen molar-refractivity contribution in [3.63, 3.8) is 0 Å². The van der Waals surface area contributed by atoms with Crippen LogP contribution in [0, 0.1) is 17.1 Å². The Kier molecular flexibility index (Phi) is 4.60. The minimum Gasteiger partial charge on any atom is -0.455 e. The lowest BCUT2D eigenvalue weighted by Crippen LogP contribution is -2.13. The number of halogens is 3. The van der Waals surface area contributed by atoms with Crippen molar-refractivity contribution < 1.29 is 31.4 Å². The van der Waals surface area contributed by atoms with Crippen molar-refractivity contribution in [3.05, 3.63) is 46.9 Å². The number of aromatic nitrogens is 1. The number of fused-ring (bicyclic) bond motifs is 1. The molecule has 1 aliphatic rings. The number of hydrogen-bond acceptors (Lipinski definition) is 6. The third-order valence-corrected chi connectivity index (χ3v) is 5.06. The van der Waals surface area contributed by atoms with Crippen LogP contribution >= 0.6 is 0 Å². The number of nitrogens with zero attached hydrogens (tertiary/aromatic N) is 2. The highest BCUT2D eigenvalue weighted by atomic mass is 32.2. The molecule has 3 rings (SSSR count). The van der Waals surface area contributed by atoms with Gasteiger partial charge in [0.25, 0.3) is 0 Å². The maximum atomic E-state index is 14.0. The molecule has 0 saturated carbocycles. The average molecular weight is 384 g/mol. The maximum Gasteiger partial charge on any atom is 0.225 e. The van der Waals surface area contributed by atoms with Crippen LogP contribution in [0.1, 0.15) is 22.8 Å². The number of sulfone groups is 1. The molecule has 0 aliphatic heterocycles. The first-order valence-corrected chi connectivity index (χ1v) is 8.93. The van der Waals surface area contributed by atoms with Gasteiger partial charge in [0, 0.05) is 23.6 Å². The fourth-order valence-electron chi connectivity index (χ4n) is 2.73. The Labute approximate surface area is 146 Å². The van der Waals surface area contributed by atoms with E-state index in [1.807, 2.05) is 0 Å². The van der Waals surface area contributed by atoms with E-state index in [0.717, 1.165) is 18.3 Å². The van der Waals surface area contributed by atoms with Crippen molar-refractivity contribution >= 4 is 9.84 Å². The van der Waals surface area contributed by atoms with Crippen molar-refractivity contribution in [2.24, 2.45) is 0 Å². The topological polar surface area (TPSA) is 100 Å². The number of aliphatic hydroxyl groups is 1. The van der Waals surface area contributed by atoms with Gasteiger partial charge in [-0.2, -0.15) is 5.26 Å². The molecule has 0 amide bonds. The quantitative estimate of drug-likeness (QED) is 0.869. The third-order valence-electron chi connectivity index (χ3n) is 3.86. The van der Waals surface area contributed by atoms with Crippen molar-refractivity contribution in [1.82, 2.24) is 4.98 Å².